The van der Waals surface area contributed by atoms with E-state index in [0.717, 1.165) is 30.2 Å². The van der Waals surface area contributed by atoms with Gasteiger partial charge in [0.15, 0.2) is 22.4 Å². The molecule has 0 saturated carbocycles. The number of nitrogens with one attached hydrogen (secondary N) is 2. The van der Waals surface area contributed by atoms with Crippen molar-refractivity contribution in [3.63, 3.8) is 0 Å². The van der Waals surface area contributed by atoms with E-state index in [0.29, 0.717) is 42.7 Å². The Hall–Kier alpha value is -3.12. The molecule has 2 heterocycles. The van der Waals surface area contributed by atoms with Crippen LogP contribution in [0.2, 0.25) is 0 Å². The second-order valence-electron chi connectivity index (χ2n) is 6.09. The quantitative estimate of drug-likeness (QED) is 0.682. The molecule has 3 rings (SSSR count). The highest BCUT2D eigenvalue weighted by atomic mass is 32.1. The Balaban J connectivity index is 1.71. The van der Waals surface area contributed by atoms with Crippen LogP contribution in [0.25, 0.3) is 0 Å². The summed E-state index contributed by atoms with van der Waals surface area (Å²) < 4.78 is 11.1. The topological polar surface area (TPSA) is 95.3 Å². The largest absolute Gasteiger partial charge is 0.486 e. The van der Waals surface area contributed by atoms with Gasteiger partial charge in [0, 0.05) is 24.8 Å². The van der Waals surface area contributed by atoms with Crippen LogP contribution in [0.1, 0.15) is 19.8 Å². The molecule has 0 fully saturated rings. The molecule has 8 nitrogen and oxygen atoms in total. The molecule has 0 saturated heterocycles. The molecule has 0 atom stereocenters. The van der Waals surface area contributed by atoms with Crippen LogP contribution >= 0.6 is 12.2 Å². The third kappa shape index (κ3) is 4.98. The highest BCUT2D eigenvalue weighted by molar-refractivity contribution is 7.80. The van der Waals surface area contributed by atoms with E-state index in [1.165, 1.54) is 6.33 Å². The number of hydrogen-bond donors (Lipinski definition) is 2. The predicted octanol–water partition coefficient (Wildman–Crippen LogP) is 3.19. The fourth-order valence-electron chi connectivity index (χ4n) is 2.85. The smallest absolute Gasteiger partial charge is 0.175 e. The first-order chi connectivity index (χ1) is 13.7. The first kappa shape index (κ1) is 19.6. The fourth-order valence-corrected chi connectivity index (χ4v) is 3.08. The van der Waals surface area contributed by atoms with Gasteiger partial charge in [-0.1, -0.05) is 6.92 Å². The average Bonchev–Trinajstić information content (AvgIpc) is 2.71. The first-order valence-corrected chi connectivity index (χ1v) is 9.51. The van der Waals surface area contributed by atoms with Crippen LogP contribution in [0.5, 0.6) is 11.5 Å². The molecule has 0 amide bonds. The van der Waals surface area contributed by atoms with Crippen molar-refractivity contribution in [1.82, 2.24) is 9.97 Å². The molecule has 0 bridgehead atoms. The van der Waals surface area contributed by atoms with Crippen molar-refractivity contribution in [3.05, 3.63) is 30.7 Å². The van der Waals surface area contributed by atoms with E-state index in [2.05, 4.69) is 38.5 Å². The molecule has 2 aromatic rings. The molecule has 0 aliphatic carbocycles. The van der Waals surface area contributed by atoms with Crippen LogP contribution in [0.15, 0.2) is 30.7 Å². The van der Waals surface area contributed by atoms with Crippen LogP contribution in [-0.4, -0.2) is 41.4 Å². The Morgan fingerprint density at radius 3 is 2.86 bits per heavy atom. The number of thiocarbonyl (C=S) groups is 1. The number of fused-ring (bicyclic) bond motifs is 1. The zero-order valence-corrected chi connectivity index (χ0v) is 16.5. The second-order valence-corrected chi connectivity index (χ2v) is 6.50. The molecule has 1 aromatic carbocycles. The van der Waals surface area contributed by atoms with E-state index >= 15 is 0 Å². The summed E-state index contributed by atoms with van der Waals surface area (Å²) in [6.45, 7) is 4.55. The van der Waals surface area contributed by atoms with Crippen molar-refractivity contribution in [2.75, 3.05) is 41.8 Å². The van der Waals surface area contributed by atoms with Gasteiger partial charge in [0.2, 0.25) is 0 Å². The van der Waals surface area contributed by atoms with E-state index in [1.54, 1.807) is 6.20 Å². The molecular formula is C19H22N6O2S. The minimum absolute atomic E-state index is 0.407. The van der Waals surface area contributed by atoms with E-state index < -0.39 is 0 Å². The van der Waals surface area contributed by atoms with Gasteiger partial charge >= 0.3 is 0 Å². The molecule has 0 unspecified atom stereocenters. The molecule has 28 heavy (non-hydrogen) atoms. The number of hydrogen-bond acceptors (Lipinski definition) is 7. The summed E-state index contributed by atoms with van der Waals surface area (Å²) in [6, 6.07) is 7.75. The van der Waals surface area contributed by atoms with Crippen LogP contribution in [-0.2, 0) is 0 Å². The van der Waals surface area contributed by atoms with Crippen molar-refractivity contribution in [2.45, 2.75) is 19.8 Å². The van der Waals surface area contributed by atoms with Gasteiger partial charge in [-0.3, -0.25) is 0 Å². The van der Waals surface area contributed by atoms with Gasteiger partial charge in [-0.05, 0) is 30.8 Å². The third-order valence-corrected chi connectivity index (χ3v) is 4.23. The van der Waals surface area contributed by atoms with Crippen LogP contribution in [0.3, 0.4) is 0 Å². The Morgan fingerprint density at radius 1 is 1.25 bits per heavy atom. The molecule has 0 spiro atoms. The molecular weight excluding hydrogens is 376 g/mol. The normalized spacial score (nSPS) is 12.0. The Labute approximate surface area is 169 Å². The molecule has 2 N–H and O–H groups in total. The second kappa shape index (κ2) is 9.71. The van der Waals surface area contributed by atoms with Crippen molar-refractivity contribution in [1.29, 1.82) is 5.26 Å². The van der Waals surface area contributed by atoms with Gasteiger partial charge in [0.05, 0.1) is 18.7 Å². The molecule has 1 aliphatic heterocycles. The van der Waals surface area contributed by atoms with Gasteiger partial charge in [0.25, 0.3) is 0 Å². The third-order valence-electron chi connectivity index (χ3n) is 4.03. The number of aromatic nitrogens is 2. The van der Waals surface area contributed by atoms with Crippen LogP contribution < -0.4 is 25.0 Å². The van der Waals surface area contributed by atoms with Crippen molar-refractivity contribution in [2.24, 2.45) is 0 Å². The maximum absolute atomic E-state index is 8.92. The predicted molar refractivity (Wildman–Crippen MR) is 112 cm³/mol. The van der Waals surface area contributed by atoms with Crippen molar-refractivity contribution in [3.8, 4) is 17.6 Å². The SMILES string of the molecule is CCCN(CCC#N)c1ncncc1NC(=S)Nc1ccc2c(c1)OCCO2. The summed E-state index contributed by atoms with van der Waals surface area (Å²) in [6.07, 6.45) is 4.53. The summed E-state index contributed by atoms with van der Waals surface area (Å²) in [7, 11) is 0. The van der Waals surface area contributed by atoms with E-state index in [-0.39, 0.29) is 0 Å². The van der Waals surface area contributed by atoms with Gasteiger partial charge in [-0.2, -0.15) is 5.26 Å². The van der Waals surface area contributed by atoms with E-state index in [4.69, 9.17) is 27.0 Å². The lowest BCUT2D eigenvalue weighted by Crippen LogP contribution is -2.28. The zero-order chi connectivity index (χ0) is 19.8. The average molecular weight is 398 g/mol. The highest BCUT2D eigenvalue weighted by Gasteiger charge is 2.15. The molecule has 9 heteroatoms. The summed E-state index contributed by atoms with van der Waals surface area (Å²) in [4.78, 5) is 10.5. The van der Waals surface area contributed by atoms with Crippen molar-refractivity contribution < 1.29 is 9.47 Å². The van der Waals surface area contributed by atoms with Gasteiger partial charge in [-0.25, -0.2) is 9.97 Å². The Kier molecular flexibility index (Phi) is 6.81. The van der Waals surface area contributed by atoms with E-state index in [9.17, 15) is 0 Å². The summed E-state index contributed by atoms with van der Waals surface area (Å²) >= 11 is 5.45. The van der Waals surface area contributed by atoms with Crippen molar-refractivity contribution >= 4 is 34.5 Å². The number of ether oxygens (including phenoxy) is 2. The summed E-state index contributed by atoms with van der Waals surface area (Å²) in [5.74, 6) is 2.13. The lowest BCUT2D eigenvalue weighted by molar-refractivity contribution is 0.171. The van der Waals surface area contributed by atoms with Crippen LogP contribution in [0.4, 0.5) is 17.2 Å². The lowest BCUT2D eigenvalue weighted by Gasteiger charge is -2.24. The number of rotatable bonds is 7. The van der Waals surface area contributed by atoms with Gasteiger partial charge < -0.3 is 25.0 Å². The minimum atomic E-state index is 0.407. The van der Waals surface area contributed by atoms with Crippen LogP contribution in [0, 0.1) is 11.3 Å². The molecule has 1 aliphatic rings. The number of nitriles is 1. The number of nitrogens with zero attached hydrogens (tertiary/aromatic N) is 4. The van der Waals surface area contributed by atoms with E-state index in [1.807, 2.05) is 18.2 Å². The number of benzene rings is 1. The van der Waals surface area contributed by atoms with Gasteiger partial charge in [0.1, 0.15) is 25.2 Å². The highest BCUT2D eigenvalue weighted by Crippen LogP contribution is 2.32. The molecule has 146 valence electrons. The minimum Gasteiger partial charge on any atom is -0.486 e. The molecule has 0 radical (unpaired) electrons. The molecule has 1 aromatic heterocycles. The fraction of sp³-hybridized carbons (Fsp3) is 0.368. The summed E-state index contributed by atoms with van der Waals surface area (Å²) in [5, 5.41) is 15.6. The lowest BCUT2D eigenvalue weighted by atomic mass is 10.2. The Bertz CT molecular complexity index is 870. The maximum atomic E-state index is 8.92. The van der Waals surface area contributed by atoms with Gasteiger partial charge in [-0.15, -0.1) is 0 Å². The standard InChI is InChI=1S/C19H22N6O2S/c1-2-7-25(8-3-6-20)18-15(12-21-13-22-18)24-19(28)23-14-4-5-16-17(11-14)27-10-9-26-16/h4-5,11-13H,2-3,7-10H2,1H3,(H2,23,24,28). The number of anilines is 3. The first-order valence-electron chi connectivity index (χ1n) is 9.10. The Morgan fingerprint density at radius 2 is 2.07 bits per heavy atom. The monoisotopic (exact) mass is 398 g/mol. The summed E-state index contributed by atoms with van der Waals surface area (Å²) in [5.41, 5.74) is 1.47. The zero-order valence-electron chi connectivity index (χ0n) is 15.6. The maximum Gasteiger partial charge on any atom is 0.175 e.